The molecular formula is C20H31NO3. The van der Waals surface area contributed by atoms with Crippen molar-refractivity contribution in [3.63, 3.8) is 0 Å². The maximum absolute atomic E-state index is 11.6. The number of benzene rings is 1. The molecule has 24 heavy (non-hydrogen) atoms. The molecule has 1 aromatic rings. The Morgan fingerprint density at radius 1 is 1.46 bits per heavy atom. The molecule has 1 heterocycles. The van der Waals surface area contributed by atoms with Gasteiger partial charge in [0, 0.05) is 23.4 Å². The first-order chi connectivity index (χ1) is 11.1. The summed E-state index contributed by atoms with van der Waals surface area (Å²) in [6.45, 7) is 4.61. The number of hydrogen-bond donors (Lipinski definition) is 1. The summed E-state index contributed by atoms with van der Waals surface area (Å²) in [6, 6.07) is 4.58. The fourth-order valence-electron chi connectivity index (χ4n) is 4.63. The molecule has 1 N–H and O–H groups in total. The second-order valence-electron chi connectivity index (χ2n) is 6.88. The molecule has 0 saturated carbocycles. The Balaban J connectivity index is 0.00000208. The van der Waals surface area contributed by atoms with Gasteiger partial charge in [0.25, 0.3) is 0 Å². The van der Waals surface area contributed by atoms with Crippen LogP contribution in [-0.2, 0) is 16.6 Å². The van der Waals surface area contributed by atoms with Gasteiger partial charge in [0.15, 0.2) is 11.5 Å². The third kappa shape index (κ3) is 2.71. The molecule has 134 valence electrons. The summed E-state index contributed by atoms with van der Waals surface area (Å²) in [5.41, 5.74) is 2.68. The molecule has 4 heteroatoms. The van der Waals surface area contributed by atoms with Gasteiger partial charge in [-0.05, 0) is 50.8 Å². The van der Waals surface area contributed by atoms with E-state index in [4.69, 9.17) is 9.47 Å². The summed E-state index contributed by atoms with van der Waals surface area (Å²) in [4.78, 5) is 11.6. The van der Waals surface area contributed by atoms with Crippen LogP contribution in [0.5, 0.6) is 11.5 Å². The molecule has 1 aliphatic heterocycles. The number of nitrogens with one attached hydrogen (secondary N) is 1. The molecule has 3 atom stereocenters. The van der Waals surface area contributed by atoms with Gasteiger partial charge in [-0.1, -0.05) is 20.4 Å². The fourth-order valence-corrected chi connectivity index (χ4v) is 4.63. The van der Waals surface area contributed by atoms with Gasteiger partial charge in [-0.15, -0.1) is 0 Å². The molecule has 0 amide bonds. The lowest BCUT2D eigenvalue weighted by atomic mass is 9.59. The predicted octanol–water partition coefficient (Wildman–Crippen LogP) is 3.50. The van der Waals surface area contributed by atoms with Crippen LogP contribution < -0.4 is 14.8 Å². The van der Waals surface area contributed by atoms with Crippen LogP contribution in [0.15, 0.2) is 12.1 Å². The first kappa shape index (κ1) is 18.8. The maximum Gasteiger partial charge on any atom is 0.165 e. The van der Waals surface area contributed by atoms with Gasteiger partial charge in [-0.3, -0.25) is 0 Å². The van der Waals surface area contributed by atoms with E-state index in [0.717, 1.165) is 30.8 Å². The maximum atomic E-state index is 11.6. The van der Waals surface area contributed by atoms with E-state index in [2.05, 4.69) is 18.3 Å². The number of carbonyl (C=O) groups is 1. The van der Waals surface area contributed by atoms with E-state index in [1.54, 1.807) is 14.0 Å². The van der Waals surface area contributed by atoms with E-state index >= 15 is 0 Å². The van der Waals surface area contributed by atoms with E-state index in [-0.39, 0.29) is 18.6 Å². The van der Waals surface area contributed by atoms with E-state index in [1.807, 2.05) is 13.1 Å². The standard InChI is InChI=1S/C19H27NO3.CH4/c1-5-19-11-23-18-16(22-4)9-7-13(17(18)19)10-15(20-3)14(19)8-6-12(2)21;/h7,9,14-15,20H,5-6,8,10-11H2,1-4H3;1H4/t14?,15?,19-;/m1./s1. The average molecular weight is 333 g/mol. The quantitative estimate of drug-likeness (QED) is 0.865. The average Bonchev–Trinajstić information content (AvgIpc) is 2.96. The Bertz CT molecular complexity index is 613. The Morgan fingerprint density at radius 2 is 2.21 bits per heavy atom. The fraction of sp³-hybridized carbons (Fsp3) is 0.650. The molecule has 0 radical (unpaired) electrons. The van der Waals surface area contributed by atoms with Gasteiger partial charge >= 0.3 is 0 Å². The zero-order valence-corrected chi connectivity index (χ0v) is 14.6. The van der Waals surface area contributed by atoms with Crippen LogP contribution in [0.25, 0.3) is 0 Å². The van der Waals surface area contributed by atoms with Gasteiger partial charge < -0.3 is 19.6 Å². The molecule has 0 bridgehead atoms. The van der Waals surface area contributed by atoms with E-state index < -0.39 is 0 Å². The topological polar surface area (TPSA) is 47.6 Å². The van der Waals surface area contributed by atoms with Crippen LogP contribution in [0, 0.1) is 5.92 Å². The summed E-state index contributed by atoms with van der Waals surface area (Å²) < 4.78 is 11.6. The summed E-state index contributed by atoms with van der Waals surface area (Å²) in [7, 11) is 3.72. The molecule has 1 aromatic carbocycles. The Hall–Kier alpha value is -1.55. The van der Waals surface area contributed by atoms with Crippen LogP contribution in [0.1, 0.15) is 51.7 Å². The second-order valence-corrected chi connectivity index (χ2v) is 6.88. The van der Waals surface area contributed by atoms with Crippen LogP contribution in [-0.4, -0.2) is 32.6 Å². The first-order valence-electron chi connectivity index (χ1n) is 8.57. The minimum atomic E-state index is -0.0133. The second kappa shape index (κ2) is 7.14. The third-order valence-electron chi connectivity index (χ3n) is 5.84. The van der Waals surface area contributed by atoms with E-state index in [0.29, 0.717) is 25.0 Å². The zero-order chi connectivity index (χ0) is 16.6. The highest BCUT2D eigenvalue weighted by Gasteiger charge is 2.53. The lowest BCUT2D eigenvalue weighted by Crippen LogP contribution is -2.52. The Morgan fingerprint density at radius 3 is 2.79 bits per heavy atom. The van der Waals surface area contributed by atoms with Crippen molar-refractivity contribution in [2.24, 2.45) is 5.92 Å². The van der Waals surface area contributed by atoms with Crippen molar-refractivity contribution in [2.45, 2.75) is 58.4 Å². The molecule has 2 aliphatic rings. The lowest BCUT2D eigenvalue weighted by molar-refractivity contribution is -0.117. The molecule has 0 fully saturated rings. The number of likely N-dealkylation sites (N-methyl/N-ethyl adjacent to an activating group) is 1. The van der Waals surface area contributed by atoms with E-state index in [1.165, 1.54) is 11.1 Å². The summed E-state index contributed by atoms with van der Waals surface area (Å²) in [5.74, 6) is 2.42. The third-order valence-corrected chi connectivity index (χ3v) is 5.84. The summed E-state index contributed by atoms with van der Waals surface area (Å²) in [5, 5.41) is 3.50. The van der Waals surface area contributed by atoms with Gasteiger partial charge in [-0.2, -0.15) is 0 Å². The van der Waals surface area contributed by atoms with Crippen molar-refractivity contribution in [1.29, 1.82) is 0 Å². The number of rotatable bonds is 6. The highest BCUT2D eigenvalue weighted by atomic mass is 16.5. The van der Waals surface area contributed by atoms with Crippen LogP contribution >= 0.6 is 0 Å². The summed E-state index contributed by atoms with van der Waals surface area (Å²) in [6.07, 6.45) is 3.55. The van der Waals surface area contributed by atoms with Crippen LogP contribution in [0.4, 0.5) is 0 Å². The molecule has 0 spiro atoms. The van der Waals surface area contributed by atoms with Gasteiger partial charge in [0.05, 0.1) is 13.7 Å². The van der Waals surface area contributed by atoms with Crippen molar-refractivity contribution >= 4 is 5.78 Å². The number of Topliss-reactive ketones (excluding diaryl/α,β-unsaturated/α-hetero) is 1. The van der Waals surface area contributed by atoms with Crippen molar-refractivity contribution < 1.29 is 14.3 Å². The van der Waals surface area contributed by atoms with E-state index in [9.17, 15) is 4.79 Å². The van der Waals surface area contributed by atoms with Crippen LogP contribution in [0.3, 0.4) is 0 Å². The van der Waals surface area contributed by atoms with Crippen molar-refractivity contribution in [1.82, 2.24) is 5.32 Å². The number of methoxy groups -OCH3 is 1. The minimum absolute atomic E-state index is 0. The zero-order valence-electron chi connectivity index (χ0n) is 14.6. The first-order valence-corrected chi connectivity index (χ1v) is 8.57. The molecular weight excluding hydrogens is 302 g/mol. The van der Waals surface area contributed by atoms with Gasteiger partial charge in [-0.25, -0.2) is 0 Å². The molecule has 1 aliphatic carbocycles. The predicted molar refractivity (Wildman–Crippen MR) is 97.1 cm³/mol. The monoisotopic (exact) mass is 333 g/mol. The summed E-state index contributed by atoms with van der Waals surface area (Å²) >= 11 is 0. The Kier molecular flexibility index (Phi) is 5.59. The molecule has 4 nitrogen and oxygen atoms in total. The number of ketones is 1. The minimum Gasteiger partial charge on any atom is -0.493 e. The van der Waals surface area contributed by atoms with Crippen LogP contribution in [0.2, 0.25) is 0 Å². The normalized spacial score (nSPS) is 27.0. The van der Waals surface area contributed by atoms with Gasteiger partial charge in [0.2, 0.25) is 0 Å². The van der Waals surface area contributed by atoms with Gasteiger partial charge in [0.1, 0.15) is 5.78 Å². The smallest absolute Gasteiger partial charge is 0.165 e. The lowest BCUT2D eigenvalue weighted by Gasteiger charge is -2.45. The Labute approximate surface area is 145 Å². The molecule has 0 aromatic heterocycles. The van der Waals surface area contributed by atoms with Crippen molar-refractivity contribution in [3.05, 3.63) is 23.3 Å². The van der Waals surface area contributed by atoms with Crippen molar-refractivity contribution in [3.8, 4) is 11.5 Å². The number of carbonyl (C=O) groups excluding carboxylic acids is 1. The molecule has 0 saturated heterocycles. The highest BCUT2D eigenvalue weighted by molar-refractivity contribution is 5.75. The SMILES string of the molecule is C.CC[C@]12COc3c(OC)ccc(c31)CC(NC)C2CCC(C)=O. The molecule has 3 rings (SSSR count). The van der Waals surface area contributed by atoms with Crippen molar-refractivity contribution in [2.75, 3.05) is 20.8 Å². The molecule has 2 unspecified atom stereocenters. The largest absolute Gasteiger partial charge is 0.493 e. The number of hydrogen-bond acceptors (Lipinski definition) is 4. The highest BCUT2D eigenvalue weighted by Crippen LogP contribution is 2.56. The number of ether oxygens (including phenoxy) is 2.